The molecule has 0 amide bonds. The van der Waals surface area contributed by atoms with Crippen LogP contribution in [0.25, 0.3) is 0 Å². The summed E-state index contributed by atoms with van der Waals surface area (Å²) in [7, 11) is 1.85. The van der Waals surface area contributed by atoms with Gasteiger partial charge in [0.05, 0.1) is 0 Å². The lowest BCUT2D eigenvalue weighted by Gasteiger charge is -2.09. The summed E-state index contributed by atoms with van der Waals surface area (Å²) < 4.78 is 5.59. The van der Waals surface area contributed by atoms with Gasteiger partial charge in [-0.05, 0) is 18.2 Å². The Labute approximate surface area is 107 Å². The summed E-state index contributed by atoms with van der Waals surface area (Å²) in [5.41, 5.74) is 1.03. The Morgan fingerprint density at radius 2 is 2.00 bits per heavy atom. The first-order chi connectivity index (χ1) is 8.88. The highest BCUT2D eigenvalue weighted by Gasteiger charge is 1.95. The number of aromatic nitrogens is 1. The van der Waals surface area contributed by atoms with E-state index in [4.69, 9.17) is 4.74 Å². The van der Waals surface area contributed by atoms with Gasteiger partial charge in [-0.15, -0.1) is 0 Å². The Morgan fingerprint density at radius 3 is 2.78 bits per heavy atom. The van der Waals surface area contributed by atoms with Crippen LogP contribution < -0.4 is 15.4 Å². The number of nitrogens with zero attached hydrogens (tertiary/aromatic N) is 1. The van der Waals surface area contributed by atoms with E-state index in [9.17, 15) is 0 Å². The lowest BCUT2D eigenvalue weighted by atomic mass is 10.3. The van der Waals surface area contributed by atoms with Crippen molar-refractivity contribution >= 4 is 11.5 Å². The van der Waals surface area contributed by atoms with Crippen molar-refractivity contribution in [1.29, 1.82) is 0 Å². The predicted octanol–water partition coefficient (Wildman–Crippen LogP) is 2.61. The second-order valence-corrected chi connectivity index (χ2v) is 3.77. The van der Waals surface area contributed by atoms with Crippen molar-refractivity contribution in [3.8, 4) is 5.75 Å². The van der Waals surface area contributed by atoms with Gasteiger partial charge in [-0.2, -0.15) is 0 Å². The average molecular weight is 243 g/mol. The second kappa shape index (κ2) is 6.49. The molecule has 2 rings (SSSR count). The fraction of sp³-hybridized carbons (Fsp3) is 0.214. The monoisotopic (exact) mass is 243 g/mol. The molecule has 1 aromatic carbocycles. The summed E-state index contributed by atoms with van der Waals surface area (Å²) in [4.78, 5) is 4.15. The van der Waals surface area contributed by atoms with Crippen LogP contribution in [0.1, 0.15) is 0 Å². The molecule has 0 aliphatic heterocycles. The number of pyridine rings is 1. The van der Waals surface area contributed by atoms with Crippen molar-refractivity contribution in [3.63, 3.8) is 0 Å². The highest BCUT2D eigenvalue weighted by atomic mass is 16.5. The van der Waals surface area contributed by atoms with E-state index in [1.54, 1.807) is 6.20 Å². The predicted molar refractivity (Wildman–Crippen MR) is 74.2 cm³/mol. The maximum atomic E-state index is 5.59. The molecule has 2 aromatic rings. The van der Waals surface area contributed by atoms with Crippen molar-refractivity contribution in [2.45, 2.75) is 0 Å². The lowest BCUT2D eigenvalue weighted by molar-refractivity contribution is 0.333. The molecule has 0 radical (unpaired) electrons. The van der Waals surface area contributed by atoms with Gasteiger partial charge in [0.15, 0.2) is 0 Å². The van der Waals surface area contributed by atoms with Gasteiger partial charge in [0, 0.05) is 31.5 Å². The van der Waals surface area contributed by atoms with Crippen LogP contribution >= 0.6 is 0 Å². The van der Waals surface area contributed by atoms with Crippen molar-refractivity contribution in [2.24, 2.45) is 0 Å². The number of anilines is 2. The molecule has 0 spiro atoms. The maximum Gasteiger partial charge on any atom is 0.127 e. The van der Waals surface area contributed by atoms with E-state index in [1.165, 1.54) is 0 Å². The Bertz CT molecular complexity index is 473. The van der Waals surface area contributed by atoms with Gasteiger partial charge in [0.2, 0.25) is 0 Å². The minimum atomic E-state index is 0.626. The van der Waals surface area contributed by atoms with Crippen LogP contribution in [-0.2, 0) is 0 Å². The molecule has 0 saturated heterocycles. The van der Waals surface area contributed by atoms with Crippen molar-refractivity contribution in [3.05, 3.63) is 48.7 Å². The van der Waals surface area contributed by atoms with Crippen LogP contribution in [0, 0.1) is 0 Å². The fourth-order valence-corrected chi connectivity index (χ4v) is 1.56. The number of para-hydroxylation sites is 1. The molecule has 94 valence electrons. The van der Waals surface area contributed by atoms with E-state index < -0.39 is 0 Å². The van der Waals surface area contributed by atoms with Gasteiger partial charge in [0.1, 0.15) is 18.2 Å². The summed E-state index contributed by atoms with van der Waals surface area (Å²) in [5.74, 6) is 1.74. The largest absolute Gasteiger partial charge is 0.492 e. The minimum absolute atomic E-state index is 0.626. The van der Waals surface area contributed by atoms with Gasteiger partial charge >= 0.3 is 0 Å². The topological polar surface area (TPSA) is 46.2 Å². The third-order valence-electron chi connectivity index (χ3n) is 2.46. The number of benzene rings is 1. The summed E-state index contributed by atoms with van der Waals surface area (Å²) in [5, 5.41) is 6.29. The molecule has 4 heteroatoms. The zero-order valence-electron chi connectivity index (χ0n) is 10.4. The molecule has 0 saturated carbocycles. The number of hydrogen-bond donors (Lipinski definition) is 2. The summed E-state index contributed by atoms with van der Waals surface area (Å²) in [6, 6.07) is 13.7. The molecule has 0 atom stereocenters. The quantitative estimate of drug-likeness (QED) is 0.766. The standard InChI is InChI=1S/C14H17N3O/c1-15-14-11-12(7-8-17-14)16-9-10-18-13-5-3-2-4-6-13/h2-8,11H,9-10H2,1H3,(H2,15,16,17). The summed E-state index contributed by atoms with van der Waals surface area (Å²) >= 11 is 0. The molecule has 2 N–H and O–H groups in total. The Balaban J connectivity index is 1.75. The number of ether oxygens (including phenoxy) is 1. The Kier molecular flexibility index (Phi) is 4.41. The minimum Gasteiger partial charge on any atom is -0.492 e. The zero-order chi connectivity index (χ0) is 12.6. The van der Waals surface area contributed by atoms with E-state index in [0.29, 0.717) is 6.61 Å². The molecule has 0 aliphatic carbocycles. The molecule has 0 fully saturated rings. The van der Waals surface area contributed by atoms with Gasteiger partial charge in [-0.25, -0.2) is 4.98 Å². The third-order valence-corrected chi connectivity index (χ3v) is 2.46. The molecule has 1 aromatic heterocycles. The van der Waals surface area contributed by atoms with E-state index in [-0.39, 0.29) is 0 Å². The molecule has 1 heterocycles. The molecule has 4 nitrogen and oxygen atoms in total. The van der Waals surface area contributed by atoms with E-state index >= 15 is 0 Å². The summed E-state index contributed by atoms with van der Waals surface area (Å²) in [6.45, 7) is 1.38. The first-order valence-electron chi connectivity index (χ1n) is 5.94. The first kappa shape index (κ1) is 12.2. The fourth-order valence-electron chi connectivity index (χ4n) is 1.56. The highest BCUT2D eigenvalue weighted by molar-refractivity contribution is 5.51. The molecule has 18 heavy (non-hydrogen) atoms. The number of nitrogens with one attached hydrogen (secondary N) is 2. The van der Waals surface area contributed by atoms with Crippen molar-refractivity contribution in [2.75, 3.05) is 30.8 Å². The summed E-state index contributed by atoms with van der Waals surface area (Å²) in [6.07, 6.45) is 1.77. The lowest BCUT2D eigenvalue weighted by Crippen LogP contribution is -2.11. The highest BCUT2D eigenvalue weighted by Crippen LogP contribution is 2.11. The molecule has 0 aliphatic rings. The third kappa shape index (κ3) is 3.66. The SMILES string of the molecule is CNc1cc(NCCOc2ccccc2)ccn1. The molecular weight excluding hydrogens is 226 g/mol. The average Bonchev–Trinajstić information content (AvgIpc) is 2.45. The smallest absolute Gasteiger partial charge is 0.127 e. The van der Waals surface area contributed by atoms with Crippen molar-refractivity contribution < 1.29 is 4.74 Å². The maximum absolute atomic E-state index is 5.59. The van der Waals surface area contributed by atoms with Gasteiger partial charge in [-0.3, -0.25) is 0 Å². The first-order valence-corrected chi connectivity index (χ1v) is 5.94. The Morgan fingerprint density at radius 1 is 1.17 bits per heavy atom. The van der Waals surface area contributed by atoms with Gasteiger partial charge in [-0.1, -0.05) is 18.2 Å². The van der Waals surface area contributed by atoms with Crippen LogP contribution in [0.15, 0.2) is 48.7 Å². The van der Waals surface area contributed by atoms with E-state index in [2.05, 4.69) is 15.6 Å². The van der Waals surface area contributed by atoms with Crippen LogP contribution in [0.5, 0.6) is 5.75 Å². The number of hydrogen-bond acceptors (Lipinski definition) is 4. The molecular formula is C14H17N3O. The van der Waals surface area contributed by atoms with E-state index in [1.807, 2.05) is 49.5 Å². The van der Waals surface area contributed by atoms with Crippen LogP contribution in [0.2, 0.25) is 0 Å². The van der Waals surface area contributed by atoms with Crippen LogP contribution in [0.4, 0.5) is 11.5 Å². The van der Waals surface area contributed by atoms with Gasteiger partial charge < -0.3 is 15.4 Å². The number of rotatable bonds is 6. The normalized spacial score (nSPS) is 9.83. The molecule has 0 unspecified atom stereocenters. The van der Waals surface area contributed by atoms with Crippen LogP contribution in [0.3, 0.4) is 0 Å². The zero-order valence-corrected chi connectivity index (χ0v) is 10.4. The molecule has 0 bridgehead atoms. The second-order valence-electron chi connectivity index (χ2n) is 3.77. The van der Waals surface area contributed by atoms with Crippen molar-refractivity contribution in [1.82, 2.24) is 4.98 Å². The van der Waals surface area contributed by atoms with E-state index in [0.717, 1.165) is 23.8 Å². The van der Waals surface area contributed by atoms with Gasteiger partial charge in [0.25, 0.3) is 0 Å². The Hall–Kier alpha value is -2.23. The van der Waals surface area contributed by atoms with Crippen LogP contribution in [-0.4, -0.2) is 25.2 Å².